The molecule has 2 aromatic carbocycles. The van der Waals surface area contributed by atoms with Crippen LogP contribution in [0.25, 0.3) is 0 Å². The van der Waals surface area contributed by atoms with E-state index in [2.05, 4.69) is 20.6 Å². The topological polar surface area (TPSA) is 76.1 Å². The van der Waals surface area contributed by atoms with Crippen molar-refractivity contribution in [3.8, 4) is 11.8 Å². The van der Waals surface area contributed by atoms with Crippen LogP contribution in [0.5, 0.6) is 11.8 Å². The Morgan fingerprint density at radius 2 is 1.58 bits per heavy atom. The van der Waals surface area contributed by atoms with Gasteiger partial charge in [0.05, 0.1) is 23.8 Å². The number of amides is 2. The number of hydrogen-bond donors (Lipinski definition) is 2. The summed E-state index contributed by atoms with van der Waals surface area (Å²) in [6.45, 7) is 0. The number of halogens is 1. The van der Waals surface area contributed by atoms with Crippen LogP contribution in [0.3, 0.4) is 0 Å². The van der Waals surface area contributed by atoms with Crippen LogP contribution >= 0.6 is 0 Å². The SMILES string of the molecule is O=C(Nc1cnc(Oc2ccccc2)nc1)Nc1ccccc1F. The van der Waals surface area contributed by atoms with Gasteiger partial charge >= 0.3 is 12.0 Å². The van der Waals surface area contributed by atoms with E-state index in [1.54, 1.807) is 18.2 Å². The maximum atomic E-state index is 13.5. The number of rotatable bonds is 4. The molecule has 7 heteroatoms. The lowest BCUT2D eigenvalue weighted by atomic mass is 10.3. The molecule has 0 fully saturated rings. The van der Waals surface area contributed by atoms with Crippen molar-refractivity contribution >= 4 is 17.4 Å². The average molecular weight is 324 g/mol. The van der Waals surface area contributed by atoms with Gasteiger partial charge in [-0.15, -0.1) is 0 Å². The second-order valence-corrected chi connectivity index (χ2v) is 4.73. The van der Waals surface area contributed by atoms with Crippen molar-refractivity contribution in [1.29, 1.82) is 0 Å². The zero-order chi connectivity index (χ0) is 16.8. The monoisotopic (exact) mass is 324 g/mol. The highest BCUT2D eigenvalue weighted by Gasteiger charge is 2.07. The van der Waals surface area contributed by atoms with Gasteiger partial charge in [0, 0.05) is 0 Å². The van der Waals surface area contributed by atoms with Crippen LogP contribution < -0.4 is 15.4 Å². The molecule has 0 spiro atoms. The Kier molecular flexibility index (Phi) is 4.62. The Hall–Kier alpha value is -3.48. The summed E-state index contributed by atoms with van der Waals surface area (Å²) >= 11 is 0. The highest BCUT2D eigenvalue weighted by Crippen LogP contribution is 2.17. The summed E-state index contributed by atoms with van der Waals surface area (Å²) in [6, 6.07) is 14.5. The van der Waals surface area contributed by atoms with Gasteiger partial charge in [0.25, 0.3) is 0 Å². The molecular weight excluding hydrogens is 311 g/mol. The van der Waals surface area contributed by atoms with E-state index in [0.29, 0.717) is 11.4 Å². The van der Waals surface area contributed by atoms with E-state index in [1.807, 2.05) is 18.2 Å². The first-order valence-electron chi connectivity index (χ1n) is 7.08. The minimum atomic E-state index is -0.597. The standard InChI is InChI=1S/C17H13FN4O2/c18-14-8-4-5-9-15(14)22-16(23)21-12-10-19-17(20-11-12)24-13-6-2-1-3-7-13/h1-11H,(H2,21,22,23). The number of carbonyl (C=O) groups is 1. The lowest BCUT2D eigenvalue weighted by molar-refractivity contribution is 0.262. The molecule has 0 aliphatic heterocycles. The van der Waals surface area contributed by atoms with Gasteiger partial charge in [-0.2, -0.15) is 0 Å². The van der Waals surface area contributed by atoms with Gasteiger partial charge in [-0.05, 0) is 24.3 Å². The summed E-state index contributed by atoms with van der Waals surface area (Å²) in [5.74, 6) is 0.0889. The fourth-order valence-electron chi connectivity index (χ4n) is 1.87. The smallest absolute Gasteiger partial charge is 0.323 e. The molecule has 24 heavy (non-hydrogen) atoms. The van der Waals surface area contributed by atoms with E-state index in [0.717, 1.165) is 0 Å². The molecule has 3 rings (SSSR count). The molecule has 3 aromatic rings. The number of ether oxygens (including phenoxy) is 1. The van der Waals surface area contributed by atoms with Crippen LogP contribution in [-0.4, -0.2) is 16.0 Å². The summed E-state index contributed by atoms with van der Waals surface area (Å²) < 4.78 is 18.9. The molecule has 0 radical (unpaired) electrons. The van der Waals surface area contributed by atoms with Crippen LogP contribution in [0.15, 0.2) is 67.0 Å². The molecule has 0 saturated heterocycles. The molecule has 1 aromatic heterocycles. The third kappa shape index (κ3) is 4.04. The van der Waals surface area contributed by atoms with Gasteiger partial charge in [0.2, 0.25) is 0 Å². The van der Waals surface area contributed by atoms with E-state index in [9.17, 15) is 9.18 Å². The molecule has 0 saturated carbocycles. The van der Waals surface area contributed by atoms with E-state index in [1.165, 1.54) is 30.6 Å². The van der Waals surface area contributed by atoms with Gasteiger partial charge in [-0.3, -0.25) is 0 Å². The zero-order valence-electron chi connectivity index (χ0n) is 12.4. The molecule has 0 atom stereocenters. The Morgan fingerprint density at radius 3 is 2.29 bits per heavy atom. The van der Waals surface area contributed by atoms with Gasteiger partial charge in [0.1, 0.15) is 11.6 Å². The summed E-state index contributed by atoms with van der Waals surface area (Å²) in [5.41, 5.74) is 0.434. The minimum absolute atomic E-state index is 0.0833. The summed E-state index contributed by atoms with van der Waals surface area (Å²) in [5, 5.41) is 4.91. The minimum Gasteiger partial charge on any atom is -0.424 e. The Bertz CT molecular complexity index is 826. The third-order valence-corrected chi connectivity index (χ3v) is 2.96. The van der Waals surface area contributed by atoms with Crippen molar-refractivity contribution in [2.24, 2.45) is 0 Å². The molecule has 1 heterocycles. The van der Waals surface area contributed by atoms with Crippen molar-refractivity contribution in [3.05, 3.63) is 72.8 Å². The molecule has 0 bridgehead atoms. The average Bonchev–Trinajstić information content (AvgIpc) is 2.60. The number of nitrogens with zero attached hydrogens (tertiary/aromatic N) is 2. The highest BCUT2D eigenvalue weighted by atomic mass is 19.1. The quantitative estimate of drug-likeness (QED) is 0.759. The van der Waals surface area contributed by atoms with Crippen molar-refractivity contribution in [2.45, 2.75) is 0 Å². The number of nitrogens with one attached hydrogen (secondary N) is 2. The molecule has 2 amide bonds. The summed E-state index contributed by atoms with van der Waals surface area (Å²) in [7, 11) is 0. The second-order valence-electron chi connectivity index (χ2n) is 4.73. The summed E-state index contributed by atoms with van der Waals surface area (Å²) in [6.07, 6.45) is 2.79. The van der Waals surface area contributed by atoms with Crippen molar-refractivity contribution in [1.82, 2.24) is 9.97 Å². The van der Waals surface area contributed by atoms with E-state index >= 15 is 0 Å². The first-order valence-corrected chi connectivity index (χ1v) is 7.08. The van der Waals surface area contributed by atoms with Crippen LogP contribution in [-0.2, 0) is 0 Å². The number of hydrogen-bond acceptors (Lipinski definition) is 4. The largest absolute Gasteiger partial charge is 0.424 e. The van der Waals surface area contributed by atoms with E-state index < -0.39 is 11.8 Å². The predicted octanol–water partition coefficient (Wildman–Crippen LogP) is 4.05. The molecular formula is C17H13FN4O2. The van der Waals surface area contributed by atoms with Crippen molar-refractivity contribution < 1.29 is 13.9 Å². The van der Waals surface area contributed by atoms with Crippen molar-refractivity contribution in [3.63, 3.8) is 0 Å². The molecule has 0 unspecified atom stereocenters. The highest BCUT2D eigenvalue weighted by molar-refractivity contribution is 5.99. The maximum absolute atomic E-state index is 13.5. The second kappa shape index (κ2) is 7.19. The number of benzene rings is 2. The number of aromatic nitrogens is 2. The normalized spacial score (nSPS) is 10.0. The summed E-state index contributed by atoms with van der Waals surface area (Å²) in [4.78, 5) is 19.8. The van der Waals surface area contributed by atoms with Gasteiger partial charge in [-0.25, -0.2) is 19.2 Å². The van der Waals surface area contributed by atoms with Gasteiger partial charge in [-0.1, -0.05) is 30.3 Å². The van der Waals surface area contributed by atoms with E-state index in [-0.39, 0.29) is 11.7 Å². The Labute approximate surface area is 137 Å². The maximum Gasteiger partial charge on any atom is 0.323 e. The first kappa shape index (κ1) is 15.4. The number of para-hydroxylation sites is 2. The first-order chi connectivity index (χ1) is 11.7. The molecule has 120 valence electrons. The fraction of sp³-hybridized carbons (Fsp3) is 0. The van der Waals surface area contributed by atoms with Crippen LogP contribution in [0.4, 0.5) is 20.6 Å². The molecule has 6 nitrogen and oxygen atoms in total. The lowest BCUT2D eigenvalue weighted by Gasteiger charge is -2.08. The molecule has 0 aliphatic rings. The number of urea groups is 1. The predicted molar refractivity (Wildman–Crippen MR) is 87.6 cm³/mol. The van der Waals surface area contributed by atoms with Gasteiger partial charge in [0.15, 0.2) is 0 Å². The Morgan fingerprint density at radius 1 is 0.917 bits per heavy atom. The van der Waals surface area contributed by atoms with Crippen LogP contribution in [0.1, 0.15) is 0 Å². The molecule has 0 aliphatic carbocycles. The van der Waals surface area contributed by atoms with E-state index in [4.69, 9.17) is 4.74 Å². The van der Waals surface area contributed by atoms with Crippen molar-refractivity contribution in [2.75, 3.05) is 10.6 Å². The van der Waals surface area contributed by atoms with Crippen LogP contribution in [0.2, 0.25) is 0 Å². The molecule has 2 N–H and O–H groups in total. The van der Waals surface area contributed by atoms with Gasteiger partial charge < -0.3 is 15.4 Å². The lowest BCUT2D eigenvalue weighted by Crippen LogP contribution is -2.20. The zero-order valence-corrected chi connectivity index (χ0v) is 12.4. The number of anilines is 2. The van der Waals surface area contributed by atoms with Crippen LogP contribution in [0, 0.1) is 5.82 Å². The third-order valence-electron chi connectivity index (χ3n) is 2.96. The Balaban J connectivity index is 1.60. The fourth-order valence-corrected chi connectivity index (χ4v) is 1.87. The number of carbonyl (C=O) groups excluding carboxylic acids is 1.